The Labute approximate surface area is 107 Å². The van der Waals surface area contributed by atoms with Crippen molar-refractivity contribution < 1.29 is 0 Å². The van der Waals surface area contributed by atoms with E-state index in [1.165, 1.54) is 0 Å². The largest absolute Gasteiger partial charge is 0.329 e. The summed E-state index contributed by atoms with van der Waals surface area (Å²) in [6, 6.07) is 0. The molecule has 17 heavy (non-hydrogen) atoms. The third-order valence-electron chi connectivity index (χ3n) is 1.13. The van der Waals surface area contributed by atoms with Crippen molar-refractivity contribution in [3.8, 4) is 0 Å². The molecule has 0 saturated carbocycles. The highest BCUT2D eigenvalue weighted by atomic mass is 15.0. The van der Waals surface area contributed by atoms with Gasteiger partial charge in [-0.05, 0) is 20.6 Å². The van der Waals surface area contributed by atoms with Crippen LogP contribution in [0.1, 0.15) is 6.92 Å². The lowest BCUT2D eigenvalue weighted by Crippen LogP contribution is -2.11. The van der Waals surface area contributed by atoms with Crippen LogP contribution < -0.4 is 34.4 Å². The summed E-state index contributed by atoms with van der Waals surface area (Å²) in [6.07, 6.45) is 0. The highest BCUT2D eigenvalue weighted by Gasteiger charge is 1.72. The first-order valence-corrected chi connectivity index (χ1v) is 5.87. The van der Waals surface area contributed by atoms with E-state index in [1.807, 2.05) is 0 Å². The van der Waals surface area contributed by atoms with Crippen LogP contribution in [0.25, 0.3) is 0 Å². The molecule has 0 aliphatic rings. The Hall–Kier alpha value is -0.280. The van der Waals surface area contributed by atoms with E-state index in [-0.39, 0.29) is 0 Å². The van der Waals surface area contributed by atoms with E-state index < -0.39 is 0 Å². The van der Waals surface area contributed by atoms with E-state index in [2.05, 4.69) is 25.9 Å². The van der Waals surface area contributed by atoms with E-state index in [1.54, 1.807) is 0 Å². The minimum absolute atomic E-state index is 0.597. The van der Waals surface area contributed by atoms with Gasteiger partial charge in [-0.3, -0.25) is 0 Å². The van der Waals surface area contributed by atoms with Gasteiger partial charge in [0, 0.05) is 39.3 Å². The lowest BCUT2D eigenvalue weighted by atomic mass is 10.7. The summed E-state index contributed by atoms with van der Waals surface area (Å²) in [4.78, 5) is 2.12. The van der Waals surface area contributed by atoms with E-state index in [4.69, 9.17) is 34.4 Å². The van der Waals surface area contributed by atoms with Crippen LogP contribution in [0.2, 0.25) is 0 Å². The van der Waals surface area contributed by atoms with Gasteiger partial charge in [-0.1, -0.05) is 6.92 Å². The molecule has 7 heteroatoms. The molecular formula is C10H35N7. The molecular weight excluding hydrogens is 218 g/mol. The smallest absolute Gasteiger partial charge is 0.00461 e. The van der Waals surface area contributed by atoms with Crippen LogP contribution in [0.5, 0.6) is 0 Å². The molecule has 7 nitrogen and oxygen atoms in total. The van der Waals surface area contributed by atoms with Gasteiger partial charge in [0.1, 0.15) is 0 Å². The second-order valence-electron chi connectivity index (χ2n) is 3.13. The van der Waals surface area contributed by atoms with Crippen LogP contribution in [-0.2, 0) is 0 Å². The number of hydrogen-bond acceptors (Lipinski definition) is 7. The maximum absolute atomic E-state index is 4.90. The Morgan fingerprint density at radius 2 is 0.706 bits per heavy atom. The fourth-order valence-electron chi connectivity index (χ4n) is 0. The molecule has 0 bridgehead atoms. The van der Waals surface area contributed by atoms with E-state index in [0.29, 0.717) is 39.3 Å². The van der Waals surface area contributed by atoms with Gasteiger partial charge in [-0.15, -0.1) is 0 Å². The summed E-state index contributed by atoms with van der Waals surface area (Å²) in [6.45, 7) is 6.85. The standard InChI is InChI=1S/C4H11N.3C2H8N2/c1-4-5(2)3;3*3-1-2-4/h4H2,1-3H3;3*1-4H2. The van der Waals surface area contributed by atoms with Gasteiger partial charge in [-0.2, -0.15) is 0 Å². The van der Waals surface area contributed by atoms with Crippen molar-refractivity contribution in [1.29, 1.82) is 0 Å². The summed E-state index contributed by atoms with van der Waals surface area (Å²) in [5.41, 5.74) is 29.4. The lowest BCUT2D eigenvalue weighted by Gasteiger charge is -2.00. The van der Waals surface area contributed by atoms with Gasteiger partial charge in [0.05, 0.1) is 0 Å². The first-order chi connectivity index (χ1) is 8.01. The Balaban J connectivity index is -0.0000000667. The second kappa shape index (κ2) is 36.1. The molecule has 0 fully saturated rings. The average Bonchev–Trinajstić information content (AvgIpc) is 2.39. The van der Waals surface area contributed by atoms with Gasteiger partial charge >= 0.3 is 0 Å². The van der Waals surface area contributed by atoms with Crippen molar-refractivity contribution in [2.45, 2.75) is 6.92 Å². The highest BCUT2D eigenvalue weighted by molar-refractivity contribution is 4.27. The van der Waals surface area contributed by atoms with Crippen LogP contribution in [0.15, 0.2) is 0 Å². The molecule has 0 heterocycles. The summed E-state index contributed by atoms with van der Waals surface area (Å²) in [5, 5.41) is 0. The second-order valence-corrected chi connectivity index (χ2v) is 3.13. The predicted molar refractivity (Wildman–Crippen MR) is 78.6 cm³/mol. The zero-order valence-corrected chi connectivity index (χ0v) is 11.9. The predicted octanol–water partition coefficient (Wildman–Crippen LogP) is -2.72. The Morgan fingerprint density at radius 1 is 0.588 bits per heavy atom. The van der Waals surface area contributed by atoms with Crippen LogP contribution in [0.3, 0.4) is 0 Å². The maximum Gasteiger partial charge on any atom is 0.00461 e. The summed E-state index contributed by atoms with van der Waals surface area (Å²) in [7, 11) is 4.11. The molecule has 0 radical (unpaired) electrons. The van der Waals surface area contributed by atoms with Crippen LogP contribution in [0.4, 0.5) is 0 Å². The SMILES string of the molecule is CCN(C)C.NCCN.NCCN.NCCN. The minimum atomic E-state index is 0.597. The Morgan fingerprint density at radius 3 is 0.706 bits per heavy atom. The summed E-state index contributed by atoms with van der Waals surface area (Å²) < 4.78 is 0. The third kappa shape index (κ3) is 133. The van der Waals surface area contributed by atoms with Gasteiger partial charge < -0.3 is 39.3 Å². The third-order valence-corrected chi connectivity index (χ3v) is 1.13. The number of nitrogens with two attached hydrogens (primary N) is 6. The summed E-state index contributed by atoms with van der Waals surface area (Å²) in [5.74, 6) is 0. The van der Waals surface area contributed by atoms with Gasteiger partial charge in [0.15, 0.2) is 0 Å². The number of rotatable bonds is 4. The molecule has 0 aromatic rings. The first-order valence-electron chi connectivity index (χ1n) is 5.87. The van der Waals surface area contributed by atoms with E-state index >= 15 is 0 Å². The van der Waals surface area contributed by atoms with E-state index in [9.17, 15) is 0 Å². The fraction of sp³-hybridized carbons (Fsp3) is 1.00. The molecule has 0 aliphatic heterocycles. The minimum Gasteiger partial charge on any atom is -0.329 e. The van der Waals surface area contributed by atoms with Gasteiger partial charge in [-0.25, -0.2) is 0 Å². The fourth-order valence-corrected chi connectivity index (χ4v) is 0. The van der Waals surface area contributed by atoms with Crippen LogP contribution in [-0.4, -0.2) is 64.8 Å². The Kier molecular flexibility index (Phi) is 54.2. The number of hydrogen-bond donors (Lipinski definition) is 6. The molecule has 0 atom stereocenters. The molecule has 12 N–H and O–H groups in total. The normalized spacial score (nSPS) is 8.12. The first kappa shape index (κ1) is 25.5. The van der Waals surface area contributed by atoms with Crippen molar-refractivity contribution in [2.75, 3.05) is 59.9 Å². The molecule has 0 aromatic carbocycles. The monoisotopic (exact) mass is 253 g/mol. The molecule has 0 saturated heterocycles. The molecule has 0 amide bonds. The lowest BCUT2D eigenvalue weighted by molar-refractivity contribution is 0.434. The highest BCUT2D eigenvalue weighted by Crippen LogP contribution is 1.63. The molecule has 0 aliphatic carbocycles. The van der Waals surface area contributed by atoms with Gasteiger partial charge in [0.25, 0.3) is 0 Å². The molecule has 0 unspecified atom stereocenters. The average molecular weight is 253 g/mol. The van der Waals surface area contributed by atoms with Crippen molar-refractivity contribution in [3.63, 3.8) is 0 Å². The van der Waals surface area contributed by atoms with Gasteiger partial charge in [0.2, 0.25) is 0 Å². The maximum atomic E-state index is 4.90. The quantitative estimate of drug-likeness (QED) is 0.317. The molecule has 0 aromatic heterocycles. The zero-order chi connectivity index (χ0) is 14.5. The van der Waals surface area contributed by atoms with Crippen molar-refractivity contribution in [2.24, 2.45) is 34.4 Å². The Bertz CT molecular complexity index is 65.5. The van der Waals surface area contributed by atoms with Crippen molar-refractivity contribution >= 4 is 0 Å². The molecule has 110 valence electrons. The van der Waals surface area contributed by atoms with E-state index in [0.717, 1.165) is 6.54 Å². The molecule has 0 rings (SSSR count). The van der Waals surface area contributed by atoms with Crippen molar-refractivity contribution in [3.05, 3.63) is 0 Å². The zero-order valence-electron chi connectivity index (χ0n) is 11.9. The van der Waals surface area contributed by atoms with Crippen molar-refractivity contribution in [1.82, 2.24) is 4.90 Å². The van der Waals surface area contributed by atoms with Crippen LogP contribution >= 0.6 is 0 Å². The number of nitrogens with zero attached hydrogens (tertiary/aromatic N) is 1. The molecule has 0 spiro atoms. The van der Waals surface area contributed by atoms with Crippen LogP contribution in [0, 0.1) is 0 Å². The summed E-state index contributed by atoms with van der Waals surface area (Å²) >= 11 is 0. The topological polar surface area (TPSA) is 159 Å².